The van der Waals surface area contributed by atoms with Gasteiger partial charge in [0.05, 0.1) is 21.3 Å². The van der Waals surface area contributed by atoms with Crippen LogP contribution in [0.4, 0.5) is 0 Å². The molecule has 20 heavy (non-hydrogen) atoms. The van der Waals surface area contributed by atoms with Gasteiger partial charge in [0.25, 0.3) is 0 Å². The van der Waals surface area contributed by atoms with Crippen LogP contribution in [0.25, 0.3) is 0 Å². The minimum absolute atomic E-state index is 0.272. The zero-order valence-corrected chi connectivity index (χ0v) is 12.3. The predicted molar refractivity (Wildman–Crippen MR) is 75.4 cm³/mol. The molecule has 0 aliphatic rings. The number of carbonyl (C=O) groups is 1. The molecule has 110 valence electrons. The molecular formula is C15H20O5. The number of hydrogen-bond donors (Lipinski definition) is 0. The van der Waals surface area contributed by atoms with Gasteiger partial charge in [0.1, 0.15) is 23.9 Å². The SMILES string of the molecule is CCC(=CCOc1cc(OC)cc(OC)c1)C(=O)OC. The lowest BCUT2D eigenvalue weighted by atomic mass is 10.2. The lowest BCUT2D eigenvalue weighted by molar-refractivity contribution is -0.136. The van der Waals surface area contributed by atoms with Crippen LogP contribution in [-0.4, -0.2) is 33.9 Å². The summed E-state index contributed by atoms with van der Waals surface area (Å²) in [7, 11) is 4.51. The highest BCUT2D eigenvalue weighted by atomic mass is 16.5. The minimum Gasteiger partial charge on any atom is -0.496 e. The van der Waals surface area contributed by atoms with Crippen molar-refractivity contribution in [2.75, 3.05) is 27.9 Å². The molecule has 1 aromatic rings. The van der Waals surface area contributed by atoms with Crippen molar-refractivity contribution in [3.63, 3.8) is 0 Å². The number of carbonyl (C=O) groups excluding carboxylic acids is 1. The van der Waals surface area contributed by atoms with Crippen LogP contribution in [0.5, 0.6) is 17.2 Å². The van der Waals surface area contributed by atoms with E-state index >= 15 is 0 Å². The first-order chi connectivity index (χ1) is 9.64. The van der Waals surface area contributed by atoms with Crippen LogP contribution in [0.2, 0.25) is 0 Å². The molecule has 5 heteroatoms. The van der Waals surface area contributed by atoms with Gasteiger partial charge in [-0.3, -0.25) is 0 Å². The van der Waals surface area contributed by atoms with E-state index in [4.69, 9.17) is 14.2 Å². The van der Waals surface area contributed by atoms with Gasteiger partial charge in [0.2, 0.25) is 0 Å². The Balaban J connectivity index is 2.74. The van der Waals surface area contributed by atoms with E-state index in [2.05, 4.69) is 4.74 Å². The summed E-state index contributed by atoms with van der Waals surface area (Å²) in [5.41, 5.74) is 0.586. The van der Waals surface area contributed by atoms with Gasteiger partial charge in [-0.15, -0.1) is 0 Å². The lowest BCUT2D eigenvalue weighted by Gasteiger charge is -2.09. The summed E-state index contributed by atoms with van der Waals surface area (Å²) in [6, 6.07) is 5.26. The first-order valence-electron chi connectivity index (χ1n) is 6.27. The molecule has 0 spiro atoms. The number of methoxy groups -OCH3 is 3. The Kier molecular flexibility index (Phi) is 6.43. The number of benzene rings is 1. The predicted octanol–water partition coefficient (Wildman–Crippen LogP) is 2.59. The molecule has 0 saturated carbocycles. The summed E-state index contributed by atoms with van der Waals surface area (Å²) in [5, 5.41) is 0. The highest BCUT2D eigenvalue weighted by Gasteiger charge is 2.07. The third-order valence-corrected chi connectivity index (χ3v) is 2.73. The lowest BCUT2D eigenvalue weighted by Crippen LogP contribution is -2.06. The smallest absolute Gasteiger partial charge is 0.333 e. The molecule has 0 N–H and O–H groups in total. The summed E-state index contributed by atoms with van der Waals surface area (Å²) in [6.45, 7) is 2.16. The molecule has 0 saturated heterocycles. The van der Waals surface area contributed by atoms with Crippen LogP contribution in [-0.2, 0) is 9.53 Å². The molecule has 0 fully saturated rings. The van der Waals surface area contributed by atoms with Gasteiger partial charge >= 0.3 is 5.97 Å². The molecule has 0 aliphatic carbocycles. The maximum Gasteiger partial charge on any atom is 0.333 e. The highest BCUT2D eigenvalue weighted by Crippen LogP contribution is 2.27. The molecule has 1 aromatic carbocycles. The average molecular weight is 280 g/mol. The third-order valence-electron chi connectivity index (χ3n) is 2.73. The fourth-order valence-corrected chi connectivity index (χ4v) is 1.61. The quantitative estimate of drug-likeness (QED) is 0.567. The Morgan fingerprint density at radius 2 is 1.60 bits per heavy atom. The van der Waals surface area contributed by atoms with Gasteiger partial charge in [0, 0.05) is 23.8 Å². The monoisotopic (exact) mass is 280 g/mol. The molecule has 0 aromatic heterocycles. The van der Waals surface area contributed by atoms with Crippen molar-refractivity contribution in [2.45, 2.75) is 13.3 Å². The van der Waals surface area contributed by atoms with Crippen molar-refractivity contribution in [1.29, 1.82) is 0 Å². The fraction of sp³-hybridized carbons (Fsp3) is 0.400. The first kappa shape index (κ1) is 15.9. The molecule has 0 amide bonds. The zero-order valence-electron chi connectivity index (χ0n) is 12.3. The van der Waals surface area contributed by atoms with E-state index in [1.807, 2.05) is 6.92 Å². The minimum atomic E-state index is -0.334. The number of rotatable bonds is 7. The zero-order chi connectivity index (χ0) is 15.0. The van der Waals surface area contributed by atoms with E-state index in [9.17, 15) is 4.79 Å². The van der Waals surface area contributed by atoms with Crippen molar-refractivity contribution in [1.82, 2.24) is 0 Å². The Morgan fingerprint density at radius 1 is 1.05 bits per heavy atom. The summed E-state index contributed by atoms with van der Waals surface area (Å²) in [5.74, 6) is 1.57. The van der Waals surface area contributed by atoms with Crippen molar-refractivity contribution >= 4 is 5.97 Å². The van der Waals surface area contributed by atoms with E-state index in [0.717, 1.165) is 0 Å². The molecule has 5 nitrogen and oxygen atoms in total. The Labute approximate surface area is 119 Å². The molecular weight excluding hydrogens is 260 g/mol. The Hall–Kier alpha value is -2.17. The van der Waals surface area contributed by atoms with E-state index in [-0.39, 0.29) is 12.6 Å². The summed E-state index contributed by atoms with van der Waals surface area (Å²) in [4.78, 5) is 11.4. The molecule has 0 bridgehead atoms. The maximum atomic E-state index is 11.4. The molecule has 0 unspecified atom stereocenters. The van der Waals surface area contributed by atoms with E-state index < -0.39 is 0 Å². The average Bonchev–Trinajstić information content (AvgIpc) is 2.50. The van der Waals surface area contributed by atoms with E-state index in [1.165, 1.54) is 7.11 Å². The summed E-state index contributed by atoms with van der Waals surface area (Å²) >= 11 is 0. The topological polar surface area (TPSA) is 54.0 Å². The van der Waals surface area contributed by atoms with Gasteiger partial charge in [0.15, 0.2) is 0 Å². The maximum absolute atomic E-state index is 11.4. The molecule has 0 radical (unpaired) electrons. The molecule has 0 aliphatic heterocycles. The van der Waals surface area contributed by atoms with Gasteiger partial charge in [-0.1, -0.05) is 6.92 Å². The number of ether oxygens (including phenoxy) is 4. The van der Waals surface area contributed by atoms with Crippen molar-refractivity contribution in [3.05, 3.63) is 29.8 Å². The second-order valence-corrected chi connectivity index (χ2v) is 3.93. The van der Waals surface area contributed by atoms with Crippen LogP contribution in [0, 0.1) is 0 Å². The third kappa shape index (κ3) is 4.50. The van der Waals surface area contributed by atoms with Crippen LogP contribution < -0.4 is 14.2 Å². The van der Waals surface area contributed by atoms with Gasteiger partial charge in [-0.25, -0.2) is 4.79 Å². The van der Waals surface area contributed by atoms with Crippen molar-refractivity contribution in [2.24, 2.45) is 0 Å². The molecule has 0 heterocycles. The number of hydrogen-bond acceptors (Lipinski definition) is 5. The number of esters is 1. The molecule has 0 atom stereocenters. The summed E-state index contributed by atoms with van der Waals surface area (Å²) in [6.07, 6.45) is 2.30. The Morgan fingerprint density at radius 3 is 2.05 bits per heavy atom. The van der Waals surface area contributed by atoms with Crippen LogP contribution in [0.1, 0.15) is 13.3 Å². The Bertz CT molecular complexity index is 457. The van der Waals surface area contributed by atoms with Gasteiger partial charge in [-0.2, -0.15) is 0 Å². The van der Waals surface area contributed by atoms with E-state index in [1.54, 1.807) is 38.5 Å². The largest absolute Gasteiger partial charge is 0.496 e. The second kappa shape index (κ2) is 8.09. The highest BCUT2D eigenvalue weighted by molar-refractivity contribution is 5.88. The first-order valence-corrected chi connectivity index (χ1v) is 6.27. The normalized spacial score (nSPS) is 10.9. The standard InChI is InChI=1S/C15H20O5/c1-5-11(15(16)19-4)6-7-20-14-9-12(17-2)8-13(10-14)18-3/h6,8-10H,5,7H2,1-4H3. The summed E-state index contributed by atoms with van der Waals surface area (Å²) < 4.78 is 20.6. The van der Waals surface area contributed by atoms with Gasteiger partial charge < -0.3 is 18.9 Å². The van der Waals surface area contributed by atoms with Crippen LogP contribution in [0.3, 0.4) is 0 Å². The fourth-order valence-electron chi connectivity index (χ4n) is 1.61. The molecule has 1 rings (SSSR count). The van der Waals surface area contributed by atoms with E-state index in [0.29, 0.717) is 29.2 Å². The van der Waals surface area contributed by atoms with Gasteiger partial charge in [-0.05, 0) is 12.5 Å². The second-order valence-electron chi connectivity index (χ2n) is 3.93. The van der Waals surface area contributed by atoms with Crippen molar-refractivity contribution in [3.8, 4) is 17.2 Å². The van der Waals surface area contributed by atoms with Crippen LogP contribution >= 0.6 is 0 Å². The van der Waals surface area contributed by atoms with Crippen molar-refractivity contribution < 1.29 is 23.7 Å². The van der Waals surface area contributed by atoms with Crippen LogP contribution in [0.15, 0.2) is 29.8 Å².